The van der Waals surface area contributed by atoms with E-state index in [0.717, 1.165) is 22.3 Å². The first-order valence-corrected chi connectivity index (χ1v) is 7.02. The van der Waals surface area contributed by atoms with Gasteiger partial charge in [-0.05, 0) is 25.1 Å². The number of nitro groups is 1. The number of carbonyl (C=O) groups is 1. The monoisotopic (exact) mass is 310 g/mol. The molecule has 0 saturated heterocycles. The van der Waals surface area contributed by atoms with Crippen molar-refractivity contribution >= 4 is 22.9 Å². The third kappa shape index (κ3) is 2.57. The smallest absolute Gasteiger partial charge is 0.275 e. The van der Waals surface area contributed by atoms with Crippen molar-refractivity contribution in [3.05, 3.63) is 51.8 Å². The first kappa shape index (κ1) is 14.8. The summed E-state index contributed by atoms with van der Waals surface area (Å²) in [4.78, 5) is 25.8. The van der Waals surface area contributed by atoms with Crippen molar-refractivity contribution in [2.75, 3.05) is 0 Å². The molecule has 0 unspecified atom stereocenters. The van der Waals surface area contributed by atoms with Crippen LogP contribution in [0.3, 0.4) is 0 Å². The summed E-state index contributed by atoms with van der Waals surface area (Å²) >= 11 is 0. The number of aryl methyl sites for hydroxylation is 2. The molecule has 0 N–H and O–H groups in total. The number of nitrogens with zero attached hydrogens (tertiary/aromatic N) is 4. The predicted octanol–water partition coefficient (Wildman–Crippen LogP) is 2.59. The zero-order valence-electron chi connectivity index (χ0n) is 12.7. The number of aldehydes is 1. The largest absolute Gasteiger partial charge is 0.303 e. The molecule has 2 heterocycles. The molecule has 23 heavy (non-hydrogen) atoms. The highest BCUT2D eigenvalue weighted by Gasteiger charge is 2.20. The second-order valence-corrected chi connectivity index (χ2v) is 5.28. The Morgan fingerprint density at radius 2 is 2.13 bits per heavy atom. The quantitative estimate of drug-likeness (QED) is 0.419. The Labute approximate surface area is 131 Å². The summed E-state index contributed by atoms with van der Waals surface area (Å²) in [5.74, 6) is 0. The lowest BCUT2D eigenvalue weighted by Gasteiger charge is -2.02. The van der Waals surface area contributed by atoms with E-state index < -0.39 is 4.92 Å². The van der Waals surface area contributed by atoms with Gasteiger partial charge in [0.2, 0.25) is 0 Å². The molecule has 0 radical (unpaired) electrons. The minimum Gasteiger partial charge on any atom is -0.303 e. The predicted molar refractivity (Wildman–Crippen MR) is 85.1 cm³/mol. The lowest BCUT2D eigenvalue weighted by atomic mass is 10.0. The Bertz CT molecular complexity index is 930. The molecule has 1 aromatic carbocycles. The summed E-state index contributed by atoms with van der Waals surface area (Å²) in [5.41, 5.74) is 3.43. The standard InChI is InChI=1S/C16H14N4O3/c1-10-7-12(3-5-17-10)16-13-8-11(4-6-21)14(20(22)23)9-15(13)19(2)18-16/h3,5-9H,4H2,1-2H3. The number of benzene rings is 1. The molecule has 2 aromatic heterocycles. The molecule has 116 valence electrons. The SMILES string of the molecule is Cc1cc(-c2nn(C)c3cc([N+](=O)[O-])c(CC=O)cc23)ccn1. The zero-order valence-corrected chi connectivity index (χ0v) is 12.7. The maximum Gasteiger partial charge on any atom is 0.275 e. The molecule has 0 atom stereocenters. The fraction of sp³-hybridized carbons (Fsp3) is 0.188. The maximum atomic E-state index is 11.2. The van der Waals surface area contributed by atoms with Crippen molar-refractivity contribution in [2.45, 2.75) is 13.3 Å². The number of nitro benzene ring substituents is 1. The molecule has 0 aliphatic rings. The lowest BCUT2D eigenvalue weighted by Crippen LogP contribution is -1.97. The topological polar surface area (TPSA) is 90.9 Å². The van der Waals surface area contributed by atoms with E-state index in [-0.39, 0.29) is 12.1 Å². The van der Waals surface area contributed by atoms with Crippen LogP contribution in [-0.4, -0.2) is 26.0 Å². The number of hydrogen-bond donors (Lipinski definition) is 0. The molecule has 0 aliphatic heterocycles. The van der Waals surface area contributed by atoms with Crippen LogP contribution >= 0.6 is 0 Å². The summed E-state index contributed by atoms with van der Waals surface area (Å²) < 4.78 is 1.61. The molecule has 7 nitrogen and oxygen atoms in total. The van der Waals surface area contributed by atoms with Crippen LogP contribution in [0.4, 0.5) is 5.69 Å². The molecule has 0 fully saturated rings. The zero-order chi connectivity index (χ0) is 16.6. The van der Waals surface area contributed by atoms with E-state index in [1.54, 1.807) is 24.0 Å². The number of hydrogen-bond acceptors (Lipinski definition) is 5. The van der Waals surface area contributed by atoms with E-state index in [1.165, 1.54) is 6.07 Å². The average Bonchev–Trinajstić information content (AvgIpc) is 2.83. The van der Waals surface area contributed by atoms with Crippen molar-refractivity contribution in [1.29, 1.82) is 0 Å². The van der Waals surface area contributed by atoms with E-state index in [1.807, 2.05) is 19.1 Å². The molecule has 3 aromatic rings. The number of carbonyl (C=O) groups excluding carboxylic acids is 1. The van der Waals surface area contributed by atoms with Crippen LogP contribution in [0.25, 0.3) is 22.2 Å². The molecule has 0 spiro atoms. The molecule has 0 amide bonds. The normalized spacial score (nSPS) is 10.9. The second-order valence-electron chi connectivity index (χ2n) is 5.28. The van der Waals surface area contributed by atoms with Crippen LogP contribution in [-0.2, 0) is 18.3 Å². The molecule has 7 heteroatoms. The van der Waals surface area contributed by atoms with Gasteiger partial charge in [-0.1, -0.05) is 0 Å². The minimum absolute atomic E-state index is 0.00401. The number of fused-ring (bicyclic) bond motifs is 1. The molecule has 0 bridgehead atoms. The third-order valence-electron chi connectivity index (χ3n) is 3.72. The molecular formula is C16H14N4O3. The number of pyridine rings is 1. The first-order chi connectivity index (χ1) is 11.0. The van der Waals surface area contributed by atoms with Crippen LogP contribution in [0, 0.1) is 17.0 Å². The van der Waals surface area contributed by atoms with E-state index in [9.17, 15) is 14.9 Å². The minimum atomic E-state index is -0.471. The van der Waals surface area contributed by atoms with Crippen LogP contribution < -0.4 is 0 Å². The van der Waals surface area contributed by atoms with Crippen molar-refractivity contribution in [2.24, 2.45) is 7.05 Å². The fourth-order valence-electron chi connectivity index (χ4n) is 2.67. The summed E-state index contributed by atoms with van der Waals surface area (Å²) in [6.07, 6.45) is 2.36. The number of rotatable bonds is 4. The van der Waals surface area contributed by atoms with Crippen molar-refractivity contribution in [3.8, 4) is 11.3 Å². The van der Waals surface area contributed by atoms with E-state index >= 15 is 0 Å². The lowest BCUT2D eigenvalue weighted by molar-refractivity contribution is -0.385. The number of aromatic nitrogens is 3. The molecule has 0 aliphatic carbocycles. The highest BCUT2D eigenvalue weighted by Crippen LogP contribution is 2.32. The van der Waals surface area contributed by atoms with Gasteiger partial charge in [-0.25, -0.2) is 0 Å². The van der Waals surface area contributed by atoms with Gasteiger partial charge in [-0.2, -0.15) is 5.10 Å². The van der Waals surface area contributed by atoms with Gasteiger partial charge < -0.3 is 4.79 Å². The van der Waals surface area contributed by atoms with E-state index in [4.69, 9.17) is 0 Å². The van der Waals surface area contributed by atoms with Crippen molar-refractivity contribution in [1.82, 2.24) is 14.8 Å². The van der Waals surface area contributed by atoms with Crippen LogP contribution in [0.2, 0.25) is 0 Å². The van der Waals surface area contributed by atoms with Gasteiger partial charge in [0.05, 0.1) is 10.4 Å². The Balaban J connectivity index is 2.31. The summed E-state index contributed by atoms with van der Waals surface area (Å²) in [7, 11) is 1.74. The van der Waals surface area contributed by atoms with Gasteiger partial charge in [0.1, 0.15) is 12.0 Å². The van der Waals surface area contributed by atoms with Gasteiger partial charge >= 0.3 is 0 Å². The average molecular weight is 310 g/mol. The second kappa shape index (κ2) is 5.60. The first-order valence-electron chi connectivity index (χ1n) is 7.02. The fourth-order valence-corrected chi connectivity index (χ4v) is 2.67. The van der Waals surface area contributed by atoms with Gasteiger partial charge in [0.15, 0.2) is 0 Å². The highest BCUT2D eigenvalue weighted by atomic mass is 16.6. The van der Waals surface area contributed by atoms with E-state index in [2.05, 4.69) is 10.1 Å². The highest BCUT2D eigenvalue weighted by molar-refractivity contribution is 5.95. The van der Waals surface area contributed by atoms with Gasteiger partial charge in [-0.15, -0.1) is 0 Å². The van der Waals surface area contributed by atoms with Gasteiger partial charge in [-0.3, -0.25) is 19.8 Å². The van der Waals surface area contributed by atoms with Crippen LogP contribution in [0.5, 0.6) is 0 Å². The molecule has 3 rings (SSSR count). The molecular weight excluding hydrogens is 296 g/mol. The molecule has 0 saturated carbocycles. The Morgan fingerprint density at radius 1 is 1.35 bits per heavy atom. The van der Waals surface area contributed by atoms with Crippen molar-refractivity contribution < 1.29 is 9.72 Å². The van der Waals surface area contributed by atoms with Crippen LogP contribution in [0.1, 0.15) is 11.3 Å². The van der Waals surface area contributed by atoms with Crippen molar-refractivity contribution in [3.63, 3.8) is 0 Å². The Hall–Kier alpha value is -3.09. The van der Waals surface area contributed by atoms with E-state index in [0.29, 0.717) is 17.4 Å². The summed E-state index contributed by atoms with van der Waals surface area (Å²) in [6.45, 7) is 1.89. The third-order valence-corrected chi connectivity index (χ3v) is 3.72. The van der Waals surface area contributed by atoms with Crippen LogP contribution in [0.15, 0.2) is 30.5 Å². The Morgan fingerprint density at radius 3 is 2.78 bits per heavy atom. The summed E-state index contributed by atoms with van der Waals surface area (Å²) in [6, 6.07) is 6.90. The van der Waals surface area contributed by atoms with Gasteiger partial charge in [0, 0.05) is 47.9 Å². The Kier molecular flexibility index (Phi) is 3.61. The maximum absolute atomic E-state index is 11.2. The summed E-state index contributed by atoms with van der Waals surface area (Å²) in [5, 5.41) is 16.5. The van der Waals surface area contributed by atoms with Gasteiger partial charge in [0.25, 0.3) is 5.69 Å².